The molecule has 4 aromatic rings. The van der Waals surface area contributed by atoms with Gasteiger partial charge in [-0.1, -0.05) is 65.3 Å². The second-order valence-electron chi connectivity index (χ2n) is 5.97. The molecule has 142 valence electrons. The SMILES string of the molecule is Nc1nc(CSc2nnc(-c3ccc(Cl)cc3Cl)n2Cc2ccccc2)cs1. The van der Waals surface area contributed by atoms with Crippen molar-refractivity contribution in [1.29, 1.82) is 0 Å². The van der Waals surface area contributed by atoms with E-state index in [1.54, 1.807) is 23.9 Å². The third-order valence-electron chi connectivity index (χ3n) is 3.99. The number of hydrogen-bond donors (Lipinski definition) is 1. The number of aromatic nitrogens is 4. The summed E-state index contributed by atoms with van der Waals surface area (Å²) in [5.74, 6) is 1.36. The third-order valence-corrected chi connectivity index (χ3v) is 6.26. The molecule has 0 atom stereocenters. The Balaban J connectivity index is 1.70. The Labute approximate surface area is 180 Å². The van der Waals surface area contributed by atoms with E-state index in [-0.39, 0.29) is 0 Å². The normalized spacial score (nSPS) is 11.1. The minimum Gasteiger partial charge on any atom is -0.375 e. The smallest absolute Gasteiger partial charge is 0.192 e. The van der Waals surface area contributed by atoms with Crippen LogP contribution in [-0.2, 0) is 12.3 Å². The number of halogens is 2. The maximum atomic E-state index is 6.43. The second-order valence-corrected chi connectivity index (χ2v) is 8.64. The van der Waals surface area contributed by atoms with E-state index in [1.165, 1.54) is 11.3 Å². The molecule has 4 rings (SSSR count). The average molecular weight is 448 g/mol. The van der Waals surface area contributed by atoms with Crippen LogP contribution >= 0.6 is 46.3 Å². The number of thioether (sulfide) groups is 1. The Morgan fingerprint density at radius 2 is 1.89 bits per heavy atom. The predicted molar refractivity (Wildman–Crippen MR) is 117 cm³/mol. The fraction of sp³-hybridized carbons (Fsp3) is 0.105. The third kappa shape index (κ3) is 4.33. The van der Waals surface area contributed by atoms with Crippen LogP contribution in [0.4, 0.5) is 5.13 Å². The minimum absolute atomic E-state index is 0.540. The van der Waals surface area contributed by atoms with Gasteiger partial charge in [-0.2, -0.15) is 0 Å². The average Bonchev–Trinajstić information content (AvgIpc) is 3.27. The highest BCUT2D eigenvalue weighted by Gasteiger charge is 2.18. The molecule has 2 N–H and O–H groups in total. The number of thiazole rings is 1. The number of benzene rings is 2. The molecule has 0 aliphatic heterocycles. The Kier molecular flexibility index (Phi) is 5.87. The van der Waals surface area contributed by atoms with Crippen molar-refractivity contribution >= 4 is 51.4 Å². The molecule has 0 unspecified atom stereocenters. The number of nitrogen functional groups attached to an aromatic ring is 1. The van der Waals surface area contributed by atoms with E-state index in [1.807, 2.05) is 29.6 Å². The topological polar surface area (TPSA) is 69.6 Å². The van der Waals surface area contributed by atoms with Gasteiger partial charge in [0, 0.05) is 21.7 Å². The molecule has 2 heterocycles. The van der Waals surface area contributed by atoms with Crippen molar-refractivity contribution < 1.29 is 0 Å². The highest BCUT2D eigenvalue weighted by atomic mass is 35.5. The van der Waals surface area contributed by atoms with Crippen LogP contribution in [0.1, 0.15) is 11.3 Å². The summed E-state index contributed by atoms with van der Waals surface area (Å²) in [6, 6.07) is 15.5. The van der Waals surface area contributed by atoms with Crippen molar-refractivity contribution in [2.75, 3.05) is 5.73 Å². The highest BCUT2D eigenvalue weighted by Crippen LogP contribution is 2.33. The first-order valence-electron chi connectivity index (χ1n) is 8.35. The van der Waals surface area contributed by atoms with Crippen molar-refractivity contribution in [1.82, 2.24) is 19.7 Å². The fourth-order valence-corrected chi connectivity index (χ4v) is 4.69. The zero-order valence-corrected chi connectivity index (χ0v) is 17.7. The maximum absolute atomic E-state index is 6.43. The van der Waals surface area contributed by atoms with E-state index in [9.17, 15) is 0 Å². The Morgan fingerprint density at radius 1 is 1.07 bits per heavy atom. The molecular weight excluding hydrogens is 433 g/mol. The van der Waals surface area contributed by atoms with Crippen LogP contribution in [0.5, 0.6) is 0 Å². The first-order chi connectivity index (χ1) is 13.6. The number of hydrogen-bond acceptors (Lipinski definition) is 6. The van der Waals surface area contributed by atoms with Crippen LogP contribution < -0.4 is 5.73 Å². The molecular formula is C19H15Cl2N5S2. The summed E-state index contributed by atoms with van der Waals surface area (Å²) in [5.41, 5.74) is 8.59. The number of nitrogens with zero attached hydrogens (tertiary/aromatic N) is 4. The van der Waals surface area contributed by atoms with Crippen molar-refractivity contribution in [2.24, 2.45) is 0 Å². The first kappa shape index (κ1) is 19.3. The molecule has 2 aromatic heterocycles. The zero-order valence-electron chi connectivity index (χ0n) is 14.5. The number of rotatable bonds is 6. The van der Waals surface area contributed by atoms with Gasteiger partial charge in [-0.15, -0.1) is 21.5 Å². The molecule has 0 bridgehead atoms. The molecule has 5 nitrogen and oxygen atoms in total. The quantitative estimate of drug-likeness (QED) is 0.387. The molecule has 0 saturated carbocycles. The minimum atomic E-state index is 0.540. The van der Waals surface area contributed by atoms with Gasteiger partial charge in [0.15, 0.2) is 16.1 Å². The van der Waals surface area contributed by atoms with Gasteiger partial charge in [0.25, 0.3) is 0 Å². The van der Waals surface area contributed by atoms with Gasteiger partial charge in [-0.3, -0.25) is 4.57 Å². The van der Waals surface area contributed by atoms with E-state index >= 15 is 0 Å². The van der Waals surface area contributed by atoms with E-state index in [4.69, 9.17) is 28.9 Å². The summed E-state index contributed by atoms with van der Waals surface area (Å²) in [5, 5.41) is 13.2. The lowest BCUT2D eigenvalue weighted by Crippen LogP contribution is -2.04. The lowest BCUT2D eigenvalue weighted by molar-refractivity contribution is 0.714. The van der Waals surface area contributed by atoms with Gasteiger partial charge in [0.05, 0.1) is 17.3 Å². The summed E-state index contributed by atoms with van der Waals surface area (Å²) in [7, 11) is 0. The van der Waals surface area contributed by atoms with Gasteiger partial charge in [-0.05, 0) is 23.8 Å². The monoisotopic (exact) mass is 447 g/mol. The van der Waals surface area contributed by atoms with Crippen LogP contribution in [0.3, 0.4) is 0 Å². The molecule has 9 heteroatoms. The Morgan fingerprint density at radius 3 is 2.61 bits per heavy atom. The molecule has 0 aliphatic rings. The molecule has 0 fully saturated rings. The second kappa shape index (κ2) is 8.53. The van der Waals surface area contributed by atoms with Crippen molar-refractivity contribution in [3.05, 3.63) is 75.2 Å². The lowest BCUT2D eigenvalue weighted by Gasteiger charge is -2.11. The maximum Gasteiger partial charge on any atom is 0.192 e. The summed E-state index contributed by atoms with van der Waals surface area (Å²) in [6.45, 7) is 0.629. The van der Waals surface area contributed by atoms with Crippen molar-refractivity contribution in [2.45, 2.75) is 17.5 Å². The molecule has 0 saturated heterocycles. The predicted octanol–water partition coefficient (Wildman–Crippen LogP) is 5.63. The number of nitrogens with two attached hydrogens (primary N) is 1. The van der Waals surface area contributed by atoms with Crippen LogP contribution in [0.15, 0.2) is 59.1 Å². The number of anilines is 1. The Bertz CT molecular complexity index is 1090. The molecule has 0 spiro atoms. The van der Waals surface area contributed by atoms with Crippen LogP contribution in [0, 0.1) is 0 Å². The van der Waals surface area contributed by atoms with Crippen LogP contribution in [0.2, 0.25) is 10.0 Å². The summed E-state index contributed by atoms with van der Waals surface area (Å²) >= 11 is 15.5. The van der Waals surface area contributed by atoms with E-state index < -0.39 is 0 Å². The van der Waals surface area contributed by atoms with Gasteiger partial charge in [0.2, 0.25) is 0 Å². The van der Waals surface area contributed by atoms with E-state index in [0.29, 0.717) is 33.3 Å². The Hall–Kier alpha value is -2.06. The standard InChI is InChI=1S/C19H15Cl2N5S2/c20-13-6-7-15(16(21)8-13)17-24-25-19(28-11-14-10-27-18(22)23-14)26(17)9-12-4-2-1-3-5-12/h1-8,10H,9,11H2,(H2,22,23). The van der Waals surface area contributed by atoms with E-state index in [2.05, 4.69) is 31.9 Å². The van der Waals surface area contributed by atoms with E-state index in [0.717, 1.165) is 22.0 Å². The van der Waals surface area contributed by atoms with Crippen LogP contribution in [-0.4, -0.2) is 19.7 Å². The first-order valence-corrected chi connectivity index (χ1v) is 11.0. The lowest BCUT2D eigenvalue weighted by atomic mass is 10.2. The highest BCUT2D eigenvalue weighted by molar-refractivity contribution is 7.98. The molecule has 2 aromatic carbocycles. The van der Waals surface area contributed by atoms with Gasteiger partial charge >= 0.3 is 0 Å². The largest absolute Gasteiger partial charge is 0.375 e. The summed E-state index contributed by atoms with van der Waals surface area (Å²) < 4.78 is 2.06. The zero-order chi connectivity index (χ0) is 19.5. The molecule has 0 radical (unpaired) electrons. The summed E-state index contributed by atoms with van der Waals surface area (Å²) in [4.78, 5) is 4.31. The molecule has 28 heavy (non-hydrogen) atoms. The van der Waals surface area contributed by atoms with Gasteiger partial charge in [-0.25, -0.2) is 4.98 Å². The molecule has 0 amide bonds. The molecule has 0 aliphatic carbocycles. The fourth-order valence-electron chi connectivity index (χ4n) is 2.70. The van der Waals surface area contributed by atoms with Crippen molar-refractivity contribution in [3.63, 3.8) is 0 Å². The van der Waals surface area contributed by atoms with Gasteiger partial charge in [0.1, 0.15) is 0 Å². The van der Waals surface area contributed by atoms with Gasteiger partial charge < -0.3 is 5.73 Å². The van der Waals surface area contributed by atoms with Crippen molar-refractivity contribution in [3.8, 4) is 11.4 Å². The summed E-state index contributed by atoms with van der Waals surface area (Å²) in [6.07, 6.45) is 0. The van der Waals surface area contributed by atoms with Crippen LogP contribution in [0.25, 0.3) is 11.4 Å².